The molecular formula is C15H11Br2IO2. The monoisotopic (exact) mass is 508 g/mol. The molecule has 0 saturated heterocycles. The van der Waals surface area contributed by atoms with Gasteiger partial charge in [0.05, 0.1) is 11.1 Å². The summed E-state index contributed by atoms with van der Waals surface area (Å²) >= 11 is 9.05. The molecule has 0 radical (unpaired) electrons. The second kappa shape index (κ2) is 7.04. The van der Waals surface area contributed by atoms with E-state index in [1.807, 2.05) is 31.2 Å². The number of halogens is 3. The van der Waals surface area contributed by atoms with Gasteiger partial charge in [0.25, 0.3) is 0 Å². The fraction of sp³-hybridized carbons (Fsp3) is 0.133. The van der Waals surface area contributed by atoms with E-state index in [9.17, 15) is 4.79 Å². The Kier molecular flexibility index (Phi) is 5.63. The highest BCUT2D eigenvalue weighted by Gasteiger charge is 2.14. The molecule has 0 amide bonds. The van der Waals surface area contributed by atoms with Gasteiger partial charge in [0, 0.05) is 19.2 Å². The van der Waals surface area contributed by atoms with E-state index in [-0.39, 0.29) is 5.78 Å². The first-order chi connectivity index (χ1) is 9.52. The zero-order valence-electron chi connectivity index (χ0n) is 10.6. The maximum Gasteiger partial charge on any atom is 0.194 e. The molecular weight excluding hydrogens is 499 g/mol. The molecule has 0 aromatic heterocycles. The second-order valence-corrected chi connectivity index (χ2v) is 6.99. The Labute approximate surface area is 148 Å². The van der Waals surface area contributed by atoms with Gasteiger partial charge in [-0.1, -0.05) is 15.9 Å². The van der Waals surface area contributed by atoms with E-state index in [1.54, 1.807) is 12.1 Å². The first kappa shape index (κ1) is 16.0. The van der Waals surface area contributed by atoms with Gasteiger partial charge in [0.1, 0.15) is 5.75 Å². The van der Waals surface area contributed by atoms with E-state index >= 15 is 0 Å². The van der Waals surface area contributed by atoms with E-state index in [4.69, 9.17) is 4.74 Å². The fourth-order valence-electron chi connectivity index (χ4n) is 1.74. The topological polar surface area (TPSA) is 26.3 Å². The van der Waals surface area contributed by atoms with Crippen LogP contribution >= 0.6 is 54.5 Å². The van der Waals surface area contributed by atoms with Crippen molar-refractivity contribution in [3.63, 3.8) is 0 Å². The summed E-state index contributed by atoms with van der Waals surface area (Å²) in [5, 5.41) is 0. The molecule has 0 saturated carbocycles. The van der Waals surface area contributed by atoms with Crippen molar-refractivity contribution in [2.75, 3.05) is 6.61 Å². The Morgan fingerprint density at radius 1 is 1.15 bits per heavy atom. The van der Waals surface area contributed by atoms with Crippen LogP contribution in [0.5, 0.6) is 5.75 Å². The van der Waals surface area contributed by atoms with Crippen LogP contribution in [-0.4, -0.2) is 12.4 Å². The standard InChI is InChI=1S/C15H11Br2IO2/c1-2-20-14-6-3-9(7-13(14)17)15(19)11-8-10(18)4-5-12(11)16/h3-8H,2H2,1H3. The number of ketones is 1. The molecule has 0 bridgehead atoms. The van der Waals surface area contributed by atoms with Crippen molar-refractivity contribution in [1.29, 1.82) is 0 Å². The minimum absolute atomic E-state index is 0.0147. The Balaban J connectivity index is 2.38. The van der Waals surface area contributed by atoms with Crippen molar-refractivity contribution >= 4 is 60.2 Å². The lowest BCUT2D eigenvalue weighted by Crippen LogP contribution is -2.03. The van der Waals surface area contributed by atoms with Gasteiger partial charge in [-0.3, -0.25) is 4.79 Å². The van der Waals surface area contributed by atoms with Crippen molar-refractivity contribution in [2.24, 2.45) is 0 Å². The molecule has 104 valence electrons. The van der Waals surface area contributed by atoms with Crippen molar-refractivity contribution in [3.8, 4) is 5.75 Å². The first-order valence-corrected chi connectivity index (χ1v) is 8.61. The van der Waals surface area contributed by atoms with Crippen molar-refractivity contribution in [3.05, 3.63) is 60.0 Å². The van der Waals surface area contributed by atoms with Crippen LogP contribution in [0.2, 0.25) is 0 Å². The van der Waals surface area contributed by atoms with Crippen molar-refractivity contribution in [2.45, 2.75) is 6.92 Å². The summed E-state index contributed by atoms with van der Waals surface area (Å²) < 4.78 is 8.06. The average molecular weight is 510 g/mol. The molecule has 0 spiro atoms. The van der Waals surface area contributed by atoms with Crippen LogP contribution in [0.4, 0.5) is 0 Å². The molecule has 0 atom stereocenters. The van der Waals surface area contributed by atoms with Gasteiger partial charge < -0.3 is 4.74 Å². The molecule has 0 N–H and O–H groups in total. The number of benzene rings is 2. The van der Waals surface area contributed by atoms with E-state index in [2.05, 4.69) is 54.5 Å². The van der Waals surface area contributed by atoms with Crippen LogP contribution in [0.15, 0.2) is 45.3 Å². The highest BCUT2D eigenvalue weighted by atomic mass is 127. The summed E-state index contributed by atoms with van der Waals surface area (Å²) in [7, 11) is 0. The van der Waals surface area contributed by atoms with E-state index in [0.29, 0.717) is 17.7 Å². The lowest BCUT2D eigenvalue weighted by molar-refractivity contribution is 0.103. The van der Waals surface area contributed by atoms with Crippen molar-refractivity contribution in [1.82, 2.24) is 0 Å². The highest BCUT2D eigenvalue weighted by Crippen LogP contribution is 2.28. The summed E-state index contributed by atoms with van der Waals surface area (Å²) in [6.45, 7) is 2.52. The van der Waals surface area contributed by atoms with Crippen LogP contribution in [0.25, 0.3) is 0 Å². The number of hydrogen-bond acceptors (Lipinski definition) is 2. The van der Waals surface area contributed by atoms with Crippen LogP contribution in [0.1, 0.15) is 22.8 Å². The minimum Gasteiger partial charge on any atom is -0.493 e. The molecule has 20 heavy (non-hydrogen) atoms. The molecule has 2 rings (SSSR count). The molecule has 0 unspecified atom stereocenters. The van der Waals surface area contributed by atoms with E-state index in [1.165, 1.54) is 0 Å². The zero-order valence-corrected chi connectivity index (χ0v) is 16.0. The first-order valence-electron chi connectivity index (χ1n) is 5.95. The maximum atomic E-state index is 12.5. The summed E-state index contributed by atoms with van der Waals surface area (Å²) in [4.78, 5) is 12.5. The average Bonchev–Trinajstić information content (AvgIpc) is 2.43. The largest absolute Gasteiger partial charge is 0.493 e. The Morgan fingerprint density at radius 3 is 2.55 bits per heavy atom. The van der Waals surface area contributed by atoms with Gasteiger partial charge in [-0.2, -0.15) is 0 Å². The number of hydrogen-bond donors (Lipinski definition) is 0. The number of ether oxygens (including phenoxy) is 1. The zero-order chi connectivity index (χ0) is 14.7. The van der Waals surface area contributed by atoms with E-state index in [0.717, 1.165) is 18.3 Å². The van der Waals surface area contributed by atoms with Gasteiger partial charge in [-0.25, -0.2) is 0 Å². The van der Waals surface area contributed by atoms with Gasteiger partial charge >= 0.3 is 0 Å². The molecule has 2 aromatic carbocycles. The summed E-state index contributed by atoms with van der Waals surface area (Å²) in [6, 6.07) is 11.1. The van der Waals surface area contributed by atoms with Gasteiger partial charge in [-0.05, 0) is 81.8 Å². The van der Waals surface area contributed by atoms with E-state index < -0.39 is 0 Å². The summed E-state index contributed by atoms with van der Waals surface area (Å²) in [5.74, 6) is 0.727. The van der Waals surface area contributed by atoms with Crippen LogP contribution in [0, 0.1) is 3.57 Å². The molecule has 0 heterocycles. The number of carbonyl (C=O) groups excluding carboxylic acids is 1. The van der Waals surface area contributed by atoms with Crippen LogP contribution in [-0.2, 0) is 0 Å². The minimum atomic E-state index is -0.0147. The quantitative estimate of drug-likeness (QED) is 0.405. The Bertz CT molecular complexity index is 656. The Morgan fingerprint density at radius 2 is 1.90 bits per heavy atom. The maximum absolute atomic E-state index is 12.5. The molecule has 2 nitrogen and oxygen atoms in total. The number of carbonyl (C=O) groups is 1. The van der Waals surface area contributed by atoms with Crippen LogP contribution in [0.3, 0.4) is 0 Å². The third-order valence-corrected chi connectivity index (χ3v) is 4.65. The van der Waals surface area contributed by atoms with Crippen molar-refractivity contribution < 1.29 is 9.53 Å². The molecule has 2 aromatic rings. The summed E-state index contributed by atoms with van der Waals surface area (Å²) in [5.41, 5.74) is 1.29. The predicted octanol–water partition coefficient (Wildman–Crippen LogP) is 5.45. The second-order valence-electron chi connectivity index (χ2n) is 4.03. The third-order valence-electron chi connectivity index (χ3n) is 2.67. The summed E-state index contributed by atoms with van der Waals surface area (Å²) in [6.07, 6.45) is 0. The van der Waals surface area contributed by atoms with Crippen LogP contribution < -0.4 is 4.74 Å². The molecule has 0 aliphatic rings. The lowest BCUT2D eigenvalue weighted by Gasteiger charge is -2.09. The van der Waals surface area contributed by atoms with Gasteiger partial charge in [-0.15, -0.1) is 0 Å². The molecule has 0 fully saturated rings. The Hall–Kier alpha value is -0.400. The molecule has 0 aliphatic carbocycles. The lowest BCUT2D eigenvalue weighted by atomic mass is 10.0. The van der Waals surface area contributed by atoms with Gasteiger partial charge in [0.2, 0.25) is 0 Å². The third kappa shape index (κ3) is 3.62. The van der Waals surface area contributed by atoms with Gasteiger partial charge in [0.15, 0.2) is 5.78 Å². The molecule has 0 aliphatic heterocycles. The smallest absolute Gasteiger partial charge is 0.194 e. The fourth-order valence-corrected chi connectivity index (χ4v) is 3.15. The highest BCUT2D eigenvalue weighted by molar-refractivity contribution is 14.1. The number of rotatable bonds is 4. The molecule has 5 heteroatoms. The SMILES string of the molecule is CCOc1ccc(C(=O)c2cc(I)ccc2Br)cc1Br. The normalized spacial score (nSPS) is 10.4. The predicted molar refractivity (Wildman–Crippen MR) is 95.6 cm³/mol.